The minimum absolute atomic E-state index is 0.315. The van der Waals surface area contributed by atoms with Gasteiger partial charge >= 0.3 is 11.9 Å². The SMILES string of the molecule is COC(=O)c1cc(Br)c(C2CCC2)cc1OCc1ccccc1.COC(=O)c1cc(C2CC2)c(C2CCC2)cc1OCc1ccccc1. The molecule has 48 heavy (non-hydrogen) atoms. The van der Waals surface area contributed by atoms with E-state index in [9.17, 15) is 9.59 Å². The second kappa shape index (κ2) is 15.9. The summed E-state index contributed by atoms with van der Waals surface area (Å²) in [5.41, 5.74) is 7.13. The molecule has 0 N–H and O–H groups in total. The van der Waals surface area contributed by atoms with Crippen LogP contribution < -0.4 is 9.47 Å². The molecule has 4 aromatic carbocycles. The highest BCUT2D eigenvalue weighted by Gasteiger charge is 2.33. The minimum Gasteiger partial charge on any atom is -0.488 e. The average Bonchev–Trinajstić information content (AvgIpc) is 3.92. The van der Waals surface area contributed by atoms with Crippen molar-refractivity contribution in [3.8, 4) is 11.5 Å². The molecule has 0 bridgehead atoms. The average molecular weight is 712 g/mol. The highest BCUT2D eigenvalue weighted by Crippen LogP contribution is 2.49. The number of halogens is 1. The highest BCUT2D eigenvalue weighted by molar-refractivity contribution is 9.10. The monoisotopic (exact) mass is 710 g/mol. The lowest BCUT2D eigenvalue weighted by Crippen LogP contribution is -2.14. The van der Waals surface area contributed by atoms with Crippen LogP contribution in [0.4, 0.5) is 0 Å². The number of ether oxygens (including phenoxy) is 4. The molecule has 0 spiro atoms. The first-order valence-corrected chi connectivity index (χ1v) is 17.8. The molecule has 0 radical (unpaired) electrons. The fourth-order valence-electron chi connectivity index (χ4n) is 6.28. The van der Waals surface area contributed by atoms with Crippen molar-refractivity contribution in [2.24, 2.45) is 0 Å². The van der Waals surface area contributed by atoms with Crippen LogP contribution in [0, 0.1) is 0 Å². The number of rotatable bonds is 11. The number of benzene rings is 4. The highest BCUT2D eigenvalue weighted by atomic mass is 79.9. The predicted octanol–water partition coefficient (Wildman–Crippen LogP) is 10.3. The topological polar surface area (TPSA) is 71.1 Å². The van der Waals surface area contributed by atoms with Crippen molar-refractivity contribution in [3.63, 3.8) is 0 Å². The molecule has 0 aliphatic heterocycles. The molecule has 7 heteroatoms. The molecule has 3 fully saturated rings. The standard InChI is InChI=1S/C22H24O3.C19H19BrO3/c1-24-22(23)20-12-18(17-10-11-17)19(16-8-5-9-16)13-21(20)25-14-15-6-3-2-4-7-15;1-22-19(21)16-10-17(20)15(14-8-5-9-14)11-18(16)23-12-13-6-3-2-4-7-13/h2-4,6-7,12-13,16-17H,5,8-11,14H2,1H3;2-4,6-7,10-11,14H,5,8-9,12H2,1H3. The summed E-state index contributed by atoms with van der Waals surface area (Å²) in [4.78, 5) is 24.3. The Hall–Kier alpha value is -4.10. The lowest BCUT2D eigenvalue weighted by Gasteiger charge is -2.29. The lowest BCUT2D eigenvalue weighted by atomic mass is 9.77. The van der Waals surface area contributed by atoms with E-state index in [0.29, 0.717) is 53.6 Å². The van der Waals surface area contributed by atoms with Crippen LogP contribution in [-0.2, 0) is 22.7 Å². The maximum atomic E-state index is 12.3. The fraction of sp³-hybridized carbons (Fsp3) is 0.366. The zero-order chi connectivity index (χ0) is 33.5. The summed E-state index contributed by atoms with van der Waals surface area (Å²) < 4.78 is 22.8. The number of hydrogen-bond donors (Lipinski definition) is 0. The summed E-state index contributed by atoms with van der Waals surface area (Å²) in [6.07, 6.45) is 9.88. The Morgan fingerprint density at radius 3 is 1.44 bits per heavy atom. The molecule has 0 heterocycles. The third-order valence-corrected chi connectivity index (χ3v) is 10.4. The van der Waals surface area contributed by atoms with Gasteiger partial charge in [-0.15, -0.1) is 0 Å². The van der Waals surface area contributed by atoms with Gasteiger partial charge in [0.15, 0.2) is 0 Å². The Kier molecular flexibility index (Phi) is 11.2. The smallest absolute Gasteiger partial charge is 0.341 e. The summed E-state index contributed by atoms with van der Waals surface area (Å²) in [7, 11) is 2.82. The van der Waals surface area contributed by atoms with E-state index >= 15 is 0 Å². The number of carbonyl (C=O) groups is 2. The maximum absolute atomic E-state index is 12.3. The normalized spacial score (nSPS) is 15.6. The predicted molar refractivity (Wildman–Crippen MR) is 190 cm³/mol. The van der Waals surface area contributed by atoms with Gasteiger partial charge < -0.3 is 18.9 Å². The van der Waals surface area contributed by atoms with Crippen molar-refractivity contribution < 1.29 is 28.5 Å². The van der Waals surface area contributed by atoms with Crippen molar-refractivity contribution in [2.45, 2.75) is 82.3 Å². The zero-order valence-corrected chi connectivity index (χ0v) is 29.3. The maximum Gasteiger partial charge on any atom is 0.341 e. The van der Waals surface area contributed by atoms with Crippen molar-refractivity contribution in [2.75, 3.05) is 14.2 Å². The Morgan fingerprint density at radius 2 is 1.00 bits per heavy atom. The quantitative estimate of drug-likeness (QED) is 0.144. The van der Waals surface area contributed by atoms with Gasteiger partial charge in [0.05, 0.1) is 14.2 Å². The second-order valence-electron chi connectivity index (χ2n) is 12.9. The lowest BCUT2D eigenvalue weighted by molar-refractivity contribution is 0.0586. The van der Waals surface area contributed by atoms with E-state index in [2.05, 4.69) is 22.0 Å². The van der Waals surface area contributed by atoms with Crippen LogP contribution in [-0.4, -0.2) is 26.2 Å². The second-order valence-corrected chi connectivity index (χ2v) is 13.8. The van der Waals surface area contributed by atoms with E-state index in [-0.39, 0.29) is 11.9 Å². The first-order chi connectivity index (χ1) is 23.4. The van der Waals surface area contributed by atoms with E-state index in [1.165, 1.54) is 82.3 Å². The van der Waals surface area contributed by atoms with E-state index in [4.69, 9.17) is 18.9 Å². The van der Waals surface area contributed by atoms with Crippen molar-refractivity contribution >= 4 is 27.9 Å². The van der Waals surface area contributed by atoms with Gasteiger partial charge in [0.1, 0.15) is 35.8 Å². The first-order valence-electron chi connectivity index (χ1n) is 17.0. The van der Waals surface area contributed by atoms with Crippen LogP contribution in [0.25, 0.3) is 0 Å². The van der Waals surface area contributed by atoms with Crippen molar-refractivity contribution in [3.05, 3.63) is 128 Å². The van der Waals surface area contributed by atoms with E-state index in [1.807, 2.05) is 78.9 Å². The summed E-state index contributed by atoms with van der Waals surface area (Å²) in [6.45, 7) is 0.883. The molecule has 3 aliphatic rings. The molecule has 0 amide bonds. The van der Waals surface area contributed by atoms with Crippen molar-refractivity contribution in [1.29, 1.82) is 0 Å². The van der Waals surface area contributed by atoms with Gasteiger partial charge in [-0.1, -0.05) is 89.4 Å². The molecule has 4 aromatic rings. The van der Waals surface area contributed by atoms with E-state index in [1.54, 1.807) is 0 Å². The number of hydrogen-bond acceptors (Lipinski definition) is 6. The van der Waals surface area contributed by atoms with Crippen LogP contribution in [0.2, 0.25) is 0 Å². The van der Waals surface area contributed by atoms with Crippen LogP contribution in [0.5, 0.6) is 11.5 Å². The fourth-order valence-corrected chi connectivity index (χ4v) is 6.95. The number of esters is 2. The molecule has 7 rings (SSSR count). The number of carbonyl (C=O) groups excluding carboxylic acids is 2. The molecule has 0 saturated heterocycles. The summed E-state index contributed by atoms with van der Waals surface area (Å²) in [5.74, 6) is 2.34. The van der Waals surface area contributed by atoms with Gasteiger partial charge in [-0.25, -0.2) is 9.59 Å². The molecule has 0 unspecified atom stereocenters. The van der Waals surface area contributed by atoms with Crippen LogP contribution in [0.3, 0.4) is 0 Å². The van der Waals surface area contributed by atoms with Gasteiger partial charge in [-0.2, -0.15) is 0 Å². The van der Waals surface area contributed by atoms with Crippen LogP contribution in [0.15, 0.2) is 89.4 Å². The van der Waals surface area contributed by atoms with Gasteiger partial charge in [0.2, 0.25) is 0 Å². The number of methoxy groups -OCH3 is 2. The third kappa shape index (κ3) is 8.12. The molecule has 3 aliphatic carbocycles. The van der Waals surface area contributed by atoms with Gasteiger partial charge in [0.25, 0.3) is 0 Å². The first kappa shape index (κ1) is 33.8. The Bertz CT molecular complexity index is 1710. The third-order valence-electron chi connectivity index (χ3n) is 9.68. The molecule has 250 valence electrons. The zero-order valence-electron chi connectivity index (χ0n) is 27.7. The van der Waals surface area contributed by atoms with Gasteiger partial charge in [0, 0.05) is 4.47 Å². The van der Waals surface area contributed by atoms with Crippen molar-refractivity contribution in [1.82, 2.24) is 0 Å². The Balaban J connectivity index is 0.000000168. The summed E-state index contributed by atoms with van der Waals surface area (Å²) in [6, 6.07) is 27.9. The summed E-state index contributed by atoms with van der Waals surface area (Å²) in [5, 5.41) is 0. The molecule has 0 atom stereocenters. The molecule has 3 saturated carbocycles. The van der Waals surface area contributed by atoms with E-state index in [0.717, 1.165) is 15.6 Å². The van der Waals surface area contributed by atoms with E-state index < -0.39 is 0 Å². The van der Waals surface area contributed by atoms with Gasteiger partial charge in [-0.3, -0.25) is 0 Å². The largest absolute Gasteiger partial charge is 0.488 e. The van der Waals surface area contributed by atoms with Crippen LogP contribution >= 0.6 is 15.9 Å². The summed E-state index contributed by atoms with van der Waals surface area (Å²) >= 11 is 3.59. The molecule has 6 nitrogen and oxygen atoms in total. The molecular weight excluding hydrogens is 668 g/mol. The molecule has 0 aromatic heterocycles. The Labute approximate surface area is 291 Å². The van der Waals surface area contributed by atoms with Gasteiger partial charge in [-0.05, 0) is 108 Å². The van der Waals surface area contributed by atoms with Crippen LogP contribution in [0.1, 0.15) is 118 Å². The Morgan fingerprint density at radius 1 is 0.583 bits per heavy atom. The molecular formula is C41H43BrO6. The minimum atomic E-state index is -0.381.